The maximum Gasteiger partial charge on any atom is 0.213 e. The van der Waals surface area contributed by atoms with E-state index in [2.05, 4.69) is 20.2 Å². The first-order valence-electron chi connectivity index (χ1n) is 12.3. The first-order chi connectivity index (χ1) is 18.0. The summed E-state index contributed by atoms with van der Waals surface area (Å²) in [4.78, 5) is 8.38. The van der Waals surface area contributed by atoms with Crippen LogP contribution in [0.4, 0.5) is 4.39 Å². The first kappa shape index (κ1) is 25.2. The lowest BCUT2D eigenvalue weighted by atomic mass is 10.0. The summed E-state index contributed by atoms with van der Waals surface area (Å²) in [5.74, 6) is 1.11. The van der Waals surface area contributed by atoms with Crippen molar-refractivity contribution in [1.82, 2.24) is 20.2 Å². The lowest BCUT2D eigenvalue weighted by Crippen LogP contribution is -2.21. The molecule has 3 aromatic heterocycles. The summed E-state index contributed by atoms with van der Waals surface area (Å²) in [7, 11) is 0. The van der Waals surface area contributed by atoms with E-state index in [0.29, 0.717) is 40.4 Å². The SMILES string of the molecule is Cc1cncc(Cl)c1[C@@H](C)Oc1ccc2[nH]nc(/C=C(\F)c3ccc(OCC4CCOCC4)nc3)c2c1. The maximum absolute atomic E-state index is 15.1. The zero-order valence-electron chi connectivity index (χ0n) is 20.7. The third kappa shape index (κ3) is 5.92. The number of halogens is 2. The minimum atomic E-state index is -0.448. The lowest BCUT2D eigenvalue weighted by molar-refractivity contribution is 0.0490. The minimum Gasteiger partial charge on any atom is -0.486 e. The Kier molecular flexibility index (Phi) is 7.67. The van der Waals surface area contributed by atoms with Crippen LogP contribution in [0.15, 0.2) is 48.9 Å². The van der Waals surface area contributed by atoms with Gasteiger partial charge in [-0.2, -0.15) is 5.10 Å². The van der Waals surface area contributed by atoms with Gasteiger partial charge in [-0.1, -0.05) is 11.6 Å². The summed E-state index contributed by atoms with van der Waals surface area (Å²) in [6.07, 6.45) is 7.88. The summed E-state index contributed by atoms with van der Waals surface area (Å²) in [6, 6.07) is 8.87. The average molecular weight is 523 g/mol. The first-order valence-corrected chi connectivity index (χ1v) is 12.6. The molecule has 9 heteroatoms. The van der Waals surface area contributed by atoms with E-state index < -0.39 is 5.83 Å². The number of pyridine rings is 2. The highest BCUT2D eigenvalue weighted by Crippen LogP contribution is 2.32. The largest absolute Gasteiger partial charge is 0.486 e. The highest BCUT2D eigenvalue weighted by atomic mass is 35.5. The van der Waals surface area contributed by atoms with Crippen molar-refractivity contribution in [3.8, 4) is 11.6 Å². The standard InChI is InChI=1S/C28H28ClFN4O3/c1-17-13-31-15-23(29)28(17)18(2)37-21-4-5-25-22(11-21)26(34-33-25)12-24(30)20-3-6-27(32-14-20)36-16-19-7-9-35-10-8-19/h3-6,11-15,18-19H,7-10,16H2,1-2H3,(H,33,34)/b24-12-/t18-/m1/s1. The quantitative estimate of drug-likeness (QED) is 0.276. The van der Waals surface area contributed by atoms with Gasteiger partial charge in [-0.3, -0.25) is 10.1 Å². The fourth-order valence-corrected chi connectivity index (χ4v) is 4.80. The smallest absolute Gasteiger partial charge is 0.213 e. The van der Waals surface area contributed by atoms with Crippen LogP contribution in [0.25, 0.3) is 22.8 Å². The van der Waals surface area contributed by atoms with E-state index in [4.69, 9.17) is 25.8 Å². The van der Waals surface area contributed by atoms with Gasteiger partial charge in [0.25, 0.3) is 0 Å². The molecule has 0 radical (unpaired) electrons. The fraction of sp³-hybridized carbons (Fsp3) is 0.321. The van der Waals surface area contributed by atoms with Crippen LogP contribution in [-0.2, 0) is 4.74 Å². The van der Waals surface area contributed by atoms with Gasteiger partial charge in [0.2, 0.25) is 5.88 Å². The summed E-state index contributed by atoms with van der Waals surface area (Å²) >= 11 is 6.35. The molecule has 4 aromatic rings. The molecule has 37 heavy (non-hydrogen) atoms. The van der Waals surface area contributed by atoms with Crippen LogP contribution in [0, 0.1) is 12.8 Å². The Morgan fingerprint density at radius 2 is 2.05 bits per heavy atom. The molecular weight excluding hydrogens is 495 g/mol. The molecule has 1 aromatic carbocycles. The van der Waals surface area contributed by atoms with Gasteiger partial charge >= 0.3 is 0 Å². The monoisotopic (exact) mass is 522 g/mol. The van der Waals surface area contributed by atoms with E-state index in [-0.39, 0.29) is 6.10 Å². The van der Waals surface area contributed by atoms with Crippen LogP contribution in [0.2, 0.25) is 5.02 Å². The highest BCUT2D eigenvalue weighted by Gasteiger charge is 2.17. The Morgan fingerprint density at radius 1 is 1.22 bits per heavy atom. The van der Waals surface area contributed by atoms with Crippen LogP contribution in [0.3, 0.4) is 0 Å². The van der Waals surface area contributed by atoms with Crippen LogP contribution in [0.1, 0.15) is 48.3 Å². The van der Waals surface area contributed by atoms with E-state index >= 15 is 4.39 Å². The summed E-state index contributed by atoms with van der Waals surface area (Å²) in [5.41, 5.74) is 3.40. The molecule has 1 atom stereocenters. The molecule has 4 heterocycles. The van der Waals surface area contributed by atoms with Crippen molar-refractivity contribution in [2.45, 2.75) is 32.8 Å². The fourth-order valence-electron chi connectivity index (χ4n) is 4.44. The molecule has 0 amide bonds. The zero-order chi connectivity index (χ0) is 25.8. The number of aromatic amines is 1. The third-order valence-corrected chi connectivity index (χ3v) is 6.81. The van der Waals surface area contributed by atoms with Gasteiger partial charge in [-0.05, 0) is 62.4 Å². The number of benzene rings is 1. The number of hydrogen-bond donors (Lipinski definition) is 1. The van der Waals surface area contributed by atoms with Crippen molar-refractivity contribution < 1.29 is 18.6 Å². The zero-order valence-corrected chi connectivity index (χ0v) is 21.5. The van der Waals surface area contributed by atoms with Crippen molar-refractivity contribution in [1.29, 1.82) is 0 Å². The molecule has 7 nitrogen and oxygen atoms in total. The topological polar surface area (TPSA) is 82.2 Å². The Hall–Kier alpha value is -3.49. The van der Waals surface area contributed by atoms with E-state index in [9.17, 15) is 0 Å². The van der Waals surface area contributed by atoms with Gasteiger partial charge in [-0.25, -0.2) is 9.37 Å². The van der Waals surface area contributed by atoms with E-state index in [1.165, 1.54) is 12.3 Å². The Balaban J connectivity index is 1.30. The van der Waals surface area contributed by atoms with Crippen molar-refractivity contribution in [2.24, 2.45) is 5.92 Å². The third-order valence-electron chi connectivity index (χ3n) is 6.50. The van der Waals surface area contributed by atoms with Gasteiger partial charge in [-0.15, -0.1) is 0 Å². The number of hydrogen-bond acceptors (Lipinski definition) is 6. The van der Waals surface area contributed by atoms with Crippen molar-refractivity contribution in [3.05, 3.63) is 76.3 Å². The van der Waals surface area contributed by atoms with Gasteiger partial charge in [0.1, 0.15) is 17.7 Å². The molecule has 1 saturated heterocycles. The van der Waals surface area contributed by atoms with Crippen molar-refractivity contribution in [2.75, 3.05) is 19.8 Å². The van der Waals surface area contributed by atoms with Gasteiger partial charge < -0.3 is 14.2 Å². The van der Waals surface area contributed by atoms with Crippen molar-refractivity contribution in [3.63, 3.8) is 0 Å². The molecule has 0 bridgehead atoms. The number of ether oxygens (including phenoxy) is 3. The Labute approximate surface area is 219 Å². The predicted octanol–water partition coefficient (Wildman–Crippen LogP) is 6.73. The number of rotatable bonds is 8. The highest BCUT2D eigenvalue weighted by molar-refractivity contribution is 6.31. The number of aryl methyl sites for hydroxylation is 1. The number of H-pyrrole nitrogens is 1. The molecule has 0 aliphatic carbocycles. The second-order valence-electron chi connectivity index (χ2n) is 9.17. The Morgan fingerprint density at radius 3 is 2.81 bits per heavy atom. The van der Waals surface area contributed by atoms with Crippen molar-refractivity contribution >= 4 is 34.4 Å². The van der Waals surface area contributed by atoms with E-state index in [0.717, 1.165) is 48.1 Å². The molecule has 0 spiro atoms. The molecular formula is C28H28ClFN4O3. The Bertz CT molecular complexity index is 1380. The molecule has 5 rings (SSSR count). The normalized spacial score (nSPS) is 15.6. The van der Waals surface area contributed by atoms with Crippen LogP contribution < -0.4 is 9.47 Å². The lowest BCUT2D eigenvalue weighted by Gasteiger charge is -2.21. The molecule has 1 aliphatic rings. The van der Waals surface area contributed by atoms with Gasteiger partial charge in [0, 0.05) is 60.5 Å². The molecule has 0 saturated carbocycles. The van der Waals surface area contributed by atoms with Gasteiger partial charge in [0.15, 0.2) is 0 Å². The molecule has 192 valence electrons. The maximum atomic E-state index is 15.1. The van der Waals surface area contributed by atoms with Crippen LogP contribution in [-0.4, -0.2) is 40.0 Å². The second kappa shape index (κ2) is 11.3. The van der Waals surface area contributed by atoms with E-state index in [1.54, 1.807) is 24.5 Å². The average Bonchev–Trinajstić information content (AvgIpc) is 3.30. The summed E-state index contributed by atoms with van der Waals surface area (Å²) < 4.78 is 32.4. The number of aromatic nitrogens is 4. The molecule has 1 fully saturated rings. The predicted molar refractivity (Wildman–Crippen MR) is 141 cm³/mol. The minimum absolute atomic E-state index is 0.297. The molecule has 1 N–H and O–H groups in total. The second-order valence-corrected chi connectivity index (χ2v) is 9.58. The van der Waals surface area contributed by atoms with E-state index in [1.807, 2.05) is 32.0 Å². The number of nitrogens with zero attached hydrogens (tertiary/aromatic N) is 3. The summed E-state index contributed by atoms with van der Waals surface area (Å²) in [5, 5.41) is 8.52. The van der Waals surface area contributed by atoms with Crippen LogP contribution >= 0.6 is 11.6 Å². The summed E-state index contributed by atoms with van der Waals surface area (Å²) in [6.45, 7) is 5.99. The van der Waals surface area contributed by atoms with Gasteiger partial charge in [0.05, 0.1) is 22.8 Å². The molecule has 1 aliphatic heterocycles. The number of nitrogens with one attached hydrogen (secondary N) is 1. The number of fused-ring (bicyclic) bond motifs is 1. The molecule has 0 unspecified atom stereocenters. The van der Waals surface area contributed by atoms with Crippen LogP contribution in [0.5, 0.6) is 11.6 Å².